The Kier molecular flexibility index (Phi) is 5.22. The quantitative estimate of drug-likeness (QED) is 0.859. The van der Waals surface area contributed by atoms with Crippen molar-refractivity contribution < 1.29 is 0 Å². The molecular weight excluding hydrogens is 347 g/mol. The van der Waals surface area contributed by atoms with Gasteiger partial charge in [-0.1, -0.05) is 39.1 Å². The number of rotatable bonds is 4. The highest BCUT2D eigenvalue weighted by Crippen LogP contribution is 2.30. The van der Waals surface area contributed by atoms with Gasteiger partial charge >= 0.3 is 0 Å². The third-order valence-electron chi connectivity index (χ3n) is 2.96. The Balaban J connectivity index is 2.30. The first-order valence-corrected chi connectivity index (χ1v) is 7.37. The molecule has 0 aliphatic heterocycles. The normalized spacial score (nSPS) is 12.4. The van der Waals surface area contributed by atoms with Gasteiger partial charge in [0.25, 0.3) is 0 Å². The van der Waals surface area contributed by atoms with Crippen molar-refractivity contribution in [2.75, 3.05) is 7.05 Å². The molecular formula is C14H13BrCl2N2. The summed E-state index contributed by atoms with van der Waals surface area (Å²) in [6.07, 6.45) is 4.19. The van der Waals surface area contributed by atoms with Crippen molar-refractivity contribution >= 4 is 39.1 Å². The SMILES string of the molecule is CNC(Cc1ccncc1Cl)c1cc(Cl)ccc1Br. The van der Waals surface area contributed by atoms with Crippen molar-refractivity contribution in [3.05, 3.63) is 62.3 Å². The summed E-state index contributed by atoms with van der Waals surface area (Å²) in [4.78, 5) is 4.00. The highest BCUT2D eigenvalue weighted by atomic mass is 79.9. The number of nitrogens with one attached hydrogen (secondary N) is 1. The zero-order valence-electron chi connectivity index (χ0n) is 10.3. The fraction of sp³-hybridized carbons (Fsp3) is 0.214. The Bertz CT molecular complexity index is 575. The number of nitrogens with zero attached hydrogens (tertiary/aromatic N) is 1. The van der Waals surface area contributed by atoms with Crippen LogP contribution in [0.25, 0.3) is 0 Å². The van der Waals surface area contributed by atoms with Gasteiger partial charge in [0.1, 0.15) is 0 Å². The minimum atomic E-state index is 0.132. The Labute approximate surface area is 131 Å². The largest absolute Gasteiger partial charge is 0.313 e. The zero-order chi connectivity index (χ0) is 13.8. The average molecular weight is 360 g/mol. The third-order valence-corrected chi connectivity index (χ3v) is 4.26. The summed E-state index contributed by atoms with van der Waals surface area (Å²) in [7, 11) is 1.92. The van der Waals surface area contributed by atoms with Crippen LogP contribution in [0.2, 0.25) is 10.0 Å². The molecule has 1 aromatic carbocycles. The molecule has 2 nitrogen and oxygen atoms in total. The van der Waals surface area contributed by atoms with E-state index >= 15 is 0 Å². The third kappa shape index (κ3) is 3.69. The maximum atomic E-state index is 6.16. The van der Waals surface area contributed by atoms with Gasteiger partial charge in [0.15, 0.2) is 0 Å². The Morgan fingerprint density at radius 3 is 2.79 bits per heavy atom. The van der Waals surface area contributed by atoms with E-state index in [2.05, 4.69) is 26.2 Å². The van der Waals surface area contributed by atoms with Gasteiger partial charge in [-0.3, -0.25) is 4.98 Å². The summed E-state index contributed by atoms with van der Waals surface area (Å²) in [5, 5.41) is 4.70. The van der Waals surface area contributed by atoms with Crippen molar-refractivity contribution in [3.63, 3.8) is 0 Å². The summed E-state index contributed by atoms with van der Waals surface area (Å²) in [6, 6.07) is 7.85. The van der Waals surface area contributed by atoms with E-state index in [-0.39, 0.29) is 6.04 Å². The number of benzene rings is 1. The van der Waals surface area contributed by atoms with Crippen LogP contribution >= 0.6 is 39.1 Å². The minimum absolute atomic E-state index is 0.132. The zero-order valence-corrected chi connectivity index (χ0v) is 13.4. The number of hydrogen-bond donors (Lipinski definition) is 1. The lowest BCUT2D eigenvalue weighted by molar-refractivity contribution is 0.589. The second-order valence-electron chi connectivity index (χ2n) is 4.18. The lowest BCUT2D eigenvalue weighted by Gasteiger charge is -2.19. The van der Waals surface area contributed by atoms with E-state index in [0.717, 1.165) is 27.0 Å². The van der Waals surface area contributed by atoms with Crippen LogP contribution in [0.5, 0.6) is 0 Å². The van der Waals surface area contributed by atoms with Gasteiger partial charge in [0.2, 0.25) is 0 Å². The molecule has 0 spiro atoms. The molecule has 5 heteroatoms. The van der Waals surface area contributed by atoms with Crippen LogP contribution in [0.4, 0.5) is 0 Å². The molecule has 1 aromatic heterocycles. The average Bonchev–Trinajstić information content (AvgIpc) is 2.41. The van der Waals surface area contributed by atoms with Crippen LogP contribution in [0.1, 0.15) is 17.2 Å². The molecule has 1 atom stereocenters. The summed E-state index contributed by atoms with van der Waals surface area (Å²) in [5.41, 5.74) is 2.17. The van der Waals surface area contributed by atoms with Gasteiger partial charge in [-0.2, -0.15) is 0 Å². The molecule has 19 heavy (non-hydrogen) atoms. The molecule has 0 fully saturated rings. The Morgan fingerprint density at radius 1 is 1.32 bits per heavy atom. The number of likely N-dealkylation sites (N-methyl/N-ethyl adjacent to an activating group) is 1. The van der Waals surface area contributed by atoms with Crippen LogP contribution in [-0.2, 0) is 6.42 Å². The molecule has 100 valence electrons. The summed E-state index contributed by atoms with van der Waals surface area (Å²) in [5.74, 6) is 0. The first-order valence-electron chi connectivity index (χ1n) is 5.82. The summed E-state index contributed by atoms with van der Waals surface area (Å²) in [6.45, 7) is 0. The summed E-state index contributed by atoms with van der Waals surface area (Å²) < 4.78 is 1.03. The van der Waals surface area contributed by atoms with Crippen molar-refractivity contribution in [1.29, 1.82) is 0 Å². The molecule has 2 aromatic rings. The standard InChI is InChI=1S/C14H13BrCl2N2/c1-18-14(6-9-4-5-19-8-13(9)17)11-7-10(16)2-3-12(11)15/h2-5,7-8,14,18H,6H2,1H3. The van der Waals surface area contributed by atoms with E-state index in [1.54, 1.807) is 12.4 Å². The fourth-order valence-corrected chi connectivity index (χ4v) is 2.84. The van der Waals surface area contributed by atoms with Crippen molar-refractivity contribution in [3.8, 4) is 0 Å². The molecule has 0 aliphatic carbocycles. The van der Waals surface area contributed by atoms with Crippen molar-refractivity contribution in [1.82, 2.24) is 10.3 Å². The van der Waals surface area contributed by atoms with Gasteiger partial charge in [-0.15, -0.1) is 0 Å². The van der Waals surface area contributed by atoms with E-state index in [0.29, 0.717) is 5.02 Å². The van der Waals surface area contributed by atoms with Crippen LogP contribution in [0.3, 0.4) is 0 Å². The number of halogens is 3. The molecule has 1 N–H and O–H groups in total. The van der Waals surface area contributed by atoms with E-state index in [1.807, 2.05) is 31.3 Å². The molecule has 0 saturated heterocycles. The molecule has 0 saturated carbocycles. The summed E-state index contributed by atoms with van der Waals surface area (Å²) >= 11 is 15.8. The fourth-order valence-electron chi connectivity index (χ4n) is 1.94. The Hall–Kier alpha value is -0.610. The lowest BCUT2D eigenvalue weighted by Crippen LogP contribution is -2.19. The van der Waals surface area contributed by atoms with E-state index < -0.39 is 0 Å². The lowest BCUT2D eigenvalue weighted by atomic mass is 9.99. The highest BCUT2D eigenvalue weighted by Gasteiger charge is 2.15. The topological polar surface area (TPSA) is 24.9 Å². The first kappa shape index (κ1) is 14.8. The van der Waals surface area contributed by atoms with Crippen molar-refractivity contribution in [2.45, 2.75) is 12.5 Å². The molecule has 1 unspecified atom stereocenters. The monoisotopic (exact) mass is 358 g/mol. The van der Waals surface area contributed by atoms with Gasteiger partial charge in [0.05, 0.1) is 5.02 Å². The molecule has 0 amide bonds. The maximum Gasteiger partial charge on any atom is 0.0622 e. The smallest absolute Gasteiger partial charge is 0.0622 e. The van der Waals surface area contributed by atoms with E-state index in [9.17, 15) is 0 Å². The predicted octanol–water partition coefficient (Wildman–Crippen LogP) is 4.65. The van der Waals surface area contributed by atoms with Crippen LogP contribution < -0.4 is 5.32 Å². The van der Waals surface area contributed by atoms with Gasteiger partial charge in [0, 0.05) is 27.9 Å². The molecule has 1 heterocycles. The number of aromatic nitrogens is 1. The van der Waals surface area contributed by atoms with Crippen LogP contribution in [0.15, 0.2) is 41.1 Å². The molecule has 0 aliphatic rings. The second-order valence-corrected chi connectivity index (χ2v) is 5.88. The molecule has 2 rings (SSSR count). The van der Waals surface area contributed by atoms with Crippen LogP contribution in [0, 0.1) is 0 Å². The first-order chi connectivity index (χ1) is 9.11. The minimum Gasteiger partial charge on any atom is -0.313 e. The number of hydrogen-bond acceptors (Lipinski definition) is 2. The predicted molar refractivity (Wildman–Crippen MR) is 83.9 cm³/mol. The maximum absolute atomic E-state index is 6.16. The van der Waals surface area contributed by atoms with Gasteiger partial charge in [-0.05, 0) is 48.9 Å². The highest BCUT2D eigenvalue weighted by molar-refractivity contribution is 9.10. The van der Waals surface area contributed by atoms with Crippen LogP contribution in [-0.4, -0.2) is 12.0 Å². The van der Waals surface area contributed by atoms with E-state index in [4.69, 9.17) is 23.2 Å². The van der Waals surface area contributed by atoms with Gasteiger partial charge < -0.3 is 5.32 Å². The van der Waals surface area contributed by atoms with Crippen molar-refractivity contribution in [2.24, 2.45) is 0 Å². The van der Waals surface area contributed by atoms with Gasteiger partial charge in [-0.25, -0.2) is 0 Å². The van der Waals surface area contributed by atoms with E-state index in [1.165, 1.54) is 0 Å². The molecule has 0 radical (unpaired) electrons. The number of pyridine rings is 1. The Morgan fingerprint density at radius 2 is 2.11 bits per heavy atom. The molecule has 0 bridgehead atoms. The second kappa shape index (κ2) is 6.71.